The molecule has 176 valence electrons. The van der Waals surface area contributed by atoms with Gasteiger partial charge in [-0.25, -0.2) is 9.97 Å². The van der Waals surface area contributed by atoms with Gasteiger partial charge in [0.25, 0.3) is 0 Å². The van der Waals surface area contributed by atoms with Gasteiger partial charge in [0.15, 0.2) is 0 Å². The Labute approximate surface area is 201 Å². The fourth-order valence-electron chi connectivity index (χ4n) is 6.42. The molecule has 0 radical (unpaired) electrons. The van der Waals surface area contributed by atoms with Crippen LogP contribution in [-0.2, 0) is 26.2 Å². The second-order valence-electron chi connectivity index (χ2n) is 9.74. The van der Waals surface area contributed by atoms with E-state index >= 15 is 0 Å². The van der Waals surface area contributed by atoms with Crippen molar-refractivity contribution in [3.05, 3.63) is 58.8 Å². The lowest BCUT2D eigenvalue weighted by atomic mass is 10.0. The van der Waals surface area contributed by atoms with E-state index in [1.165, 1.54) is 55.1 Å². The van der Waals surface area contributed by atoms with Crippen molar-refractivity contribution in [3.8, 4) is 0 Å². The molecule has 1 unspecified atom stereocenters. The van der Waals surface area contributed by atoms with Gasteiger partial charge < -0.3 is 9.13 Å². The molecule has 4 heterocycles. The lowest BCUT2D eigenvalue weighted by Crippen LogP contribution is -2.46. The zero-order valence-corrected chi connectivity index (χ0v) is 20.4. The van der Waals surface area contributed by atoms with E-state index in [4.69, 9.17) is 9.97 Å². The number of para-hydroxylation sites is 2. The standard InChI is InChI=1S/C28H34N6/c1-3-33-23-13-7-5-11-21(23)29-27(33)19-31-17-9-15-25(31)26-16-10-18-32(26)20-28-30-22-12-6-8-14-24(22)34(28)4-2/h5,7,11-14,25-26H,3-4,9-10,15-20H2,1-2H3/t25-,26?/m1/s1. The molecule has 0 bridgehead atoms. The molecule has 3 aromatic rings. The maximum atomic E-state index is 5.03. The molecular weight excluding hydrogens is 420 g/mol. The number of hydrogen-bond acceptors (Lipinski definition) is 4. The molecular formula is C28H34N6. The lowest BCUT2D eigenvalue weighted by Gasteiger charge is -2.35. The van der Waals surface area contributed by atoms with Gasteiger partial charge in [-0.2, -0.15) is 0 Å². The summed E-state index contributed by atoms with van der Waals surface area (Å²) in [7, 11) is 0. The number of fused-ring (bicyclic) bond motifs is 2. The van der Waals surface area contributed by atoms with Crippen molar-refractivity contribution in [2.24, 2.45) is 0 Å². The first-order valence-electron chi connectivity index (χ1n) is 13.0. The second kappa shape index (κ2) is 9.05. The number of aromatic nitrogens is 4. The molecule has 3 aliphatic rings. The first kappa shape index (κ1) is 21.6. The smallest absolute Gasteiger partial charge is 0.124 e. The third-order valence-corrected chi connectivity index (χ3v) is 7.94. The van der Waals surface area contributed by atoms with Gasteiger partial charge in [-0.1, -0.05) is 23.6 Å². The first-order valence-corrected chi connectivity index (χ1v) is 13.0. The molecule has 1 aliphatic carbocycles. The molecule has 0 N–H and O–H groups in total. The number of aryl methyl sites for hydroxylation is 1. The highest BCUT2D eigenvalue weighted by molar-refractivity contribution is 5.75. The van der Waals surface area contributed by atoms with Crippen LogP contribution >= 0.6 is 0 Å². The molecule has 0 amide bonds. The molecule has 2 aliphatic heterocycles. The van der Waals surface area contributed by atoms with Gasteiger partial charge in [-0.15, -0.1) is 0 Å². The summed E-state index contributed by atoms with van der Waals surface area (Å²) in [5.41, 5.74) is 10.8. The number of likely N-dealkylation sites (tertiary alicyclic amines) is 2. The predicted octanol–water partition coefficient (Wildman–Crippen LogP) is 4.70. The highest BCUT2D eigenvalue weighted by atomic mass is 15.3. The van der Waals surface area contributed by atoms with Crippen molar-refractivity contribution >= 4 is 23.2 Å². The lowest BCUT2D eigenvalue weighted by molar-refractivity contribution is 0.119. The number of benzene rings is 1. The summed E-state index contributed by atoms with van der Waals surface area (Å²) < 4.78 is 4.75. The number of nitrogens with zero attached hydrogens (tertiary/aromatic N) is 6. The maximum Gasteiger partial charge on any atom is 0.124 e. The first-order chi connectivity index (χ1) is 16.8. The minimum absolute atomic E-state index is 0.588. The summed E-state index contributed by atoms with van der Waals surface area (Å²) in [5, 5.41) is 0. The van der Waals surface area contributed by atoms with Gasteiger partial charge in [0.05, 0.1) is 35.5 Å². The number of hydrogen-bond donors (Lipinski definition) is 0. The zero-order valence-electron chi connectivity index (χ0n) is 20.4. The van der Waals surface area contributed by atoms with Gasteiger partial charge in [0.2, 0.25) is 0 Å². The molecule has 6 rings (SSSR count). The largest absolute Gasteiger partial charge is 0.327 e. The van der Waals surface area contributed by atoms with E-state index in [1.54, 1.807) is 0 Å². The normalized spacial score (nSPS) is 22.4. The van der Waals surface area contributed by atoms with E-state index in [1.807, 2.05) is 12.2 Å². The molecule has 6 nitrogen and oxygen atoms in total. The van der Waals surface area contributed by atoms with Gasteiger partial charge in [0, 0.05) is 37.3 Å². The Morgan fingerprint density at radius 2 is 1.47 bits per heavy atom. The minimum Gasteiger partial charge on any atom is -0.327 e. The Morgan fingerprint density at radius 1 is 0.824 bits per heavy atom. The third-order valence-electron chi connectivity index (χ3n) is 7.94. The van der Waals surface area contributed by atoms with Crippen LogP contribution in [0.5, 0.6) is 0 Å². The summed E-state index contributed by atoms with van der Waals surface area (Å²) in [6.45, 7) is 10.5. The van der Waals surface area contributed by atoms with Crippen molar-refractivity contribution in [2.75, 3.05) is 13.1 Å². The Bertz CT molecular complexity index is 1300. The SMILES string of the molecule is CCn1c(CN2CCCC2[C@H]2CCCN2Cc2nc3ccccc3n2CC)nc2c1C=C=C=C2. The molecule has 2 atom stereocenters. The minimum atomic E-state index is 0.588. The van der Waals surface area contributed by atoms with Crippen LogP contribution in [0.2, 0.25) is 0 Å². The maximum absolute atomic E-state index is 5.03. The summed E-state index contributed by atoms with van der Waals surface area (Å²) in [6.07, 6.45) is 9.10. The van der Waals surface area contributed by atoms with Crippen molar-refractivity contribution in [3.63, 3.8) is 0 Å². The molecule has 2 aromatic heterocycles. The van der Waals surface area contributed by atoms with Crippen molar-refractivity contribution in [1.82, 2.24) is 28.9 Å². The quantitative estimate of drug-likeness (QED) is 0.380. The van der Waals surface area contributed by atoms with Crippen molar-refractivity contribution in [1.29, 1.82) is 0 Å². The van der Waals surface area contributed by atoms with Crippen LogP contribution in [0.15, 0.2) is 35.7 Å². The Kier molecular flexibility index (Phi) is 5.76. The highest BCUT2D eigenvalue weighted by Gasteiger charge is 2.38. The van der Waals surface area contributed by atoms with E-state index in [-0.39, 0.29) is 0 Å². The van der Waals surface area contributed by atoms with Crippen LogP contribution in [-0.4, -0.2) is 54.1 Å². The summed E-state index contributed by atoms with van der Waals surface area (Å²) in [4.78, 5) is 15.4. The Balaban J connectivity index is 1.23. The molecule has 0 saturated carbocycles. The molecule has 0 spiro atoms. The molecule has 1 aromatic carbocycles. The van der Waals surface area contributed by atoms with Crippen LogP contribution in [0.1, 0.15) is 62.6 Å². The van der Waals surface area contributed by atoms with Crippen molar-refractivity contribution in [2.45, 2.75) is 77.8 Å². The zero-order chi connectivity index (χ0) is 23.1. The summed E-state index contributed by atoms with van der Waals surface area (Å²) >= 11 is 0. The van der Waals surface area contributed by atoms with Gasteiger partial charge in [0.1, 0.15) is 11.6 Å². The summed E-state index contributed by atoms with van der Waals surface area (Å²) in [5.74, 6) is 2.38. The molecule has 2 saturated heterocycles. The van der Waals surface area contributed by atoms with Crippen molar-refractivity contribution < 1.29 is 0 Å². The van der Waals surface area contributed by atoms with E-state index in [0.717, 1.165) is 43.9 Å². The topological polar surface area (TPSA) is 42.1 Å². The van der Waals surface area contributed by atoms with E-state index in [0.29, 0.717) is 12.1 Å². The molecule has 6 heteroatoms. The molecule has 2 fully saturated rings. The van der Waals surface area contributed by atoms with Crippen LogP contribution in [0.4, 0.5) is 0 Å². The highest BCUT2D eigenvalue weighted by Crippen LogP contribution is 2.33. The van der Waals surface area contributed by atoms with Crippen LogP contribution < -0.4 is 0 Å². The fraction of sp³-hybridized carbons (Fsp3) is 0.500. The predicted molar refractivity (Wildman–Crippen MR) is 136 cm³/mol. The van der Waals surface area contributed by atoms with Crippen LogP contribution in [0.25, 0.3) is 23.2 Å². The fourth-order valence-corrected chi connectivity index (χ4v) is 6.42. The number of imidazole rings is 2. The summed E-state index contributed by atoms with van der Waals surface area (Å²) in [6, 6.07) is 9.73. The Morgan fingerprint density at radius 3 is 2.18 bits per heavy atom. The van der Waals surface area contributed by atoms with Gasteiger partial charge in [-0.3, -0.25) is 9.80 Å². The van der Waals surface area contributed by atoms with E-state index in [2.05, 4.69) is 68.5 Å². The van der Waals surface area contributed by atoms with Crippen LogP contribution in [0.3, 0.4) is 0 Å². The van der Waals surface area contributed by atoms with Crippen LogP contribution in [0, 0.1) is 0 Å². The average molecular weight is 455 g/mol. The second-order valence-corrected chi connectivity index (χ2v) is 9.74. The average Bonchev–Trinajstić information content (AvgIpc) is 3.63. The van der Waals surface area contributed by atoms with E-state index in [9.17, 15) is 0 Å². The monoisotopic (exact) mass is 454 g/mol. The number of rotatable bonds is 7. The van der Waals surface area contributed by atoms with E-state index < -0.39 is 0 Å². The third kappa shape index (κ3) is 3.68. The molecule has 34 heavy (non-hydrogen) atoms. The van der Waals surface area contributed by atoms with Gasteiger partial charge in [-0.05, 0) is 64.8 Å². The van der Waals surface area contributed by atoms with Gasteiger partial charge >= 0.3 is 0 Å². The Hall–Kier alpha value is -2.88.